The van der Waals surface area contributed by atoms with Gasteiger partial charge in [0.2, 0.25) is 11.2 Å². The molecule has 0 radical (unpaired) electrons. The first kappa shape index (κ1) is 17.0. The van der Waals surface area contributed by atoms with Gasteiger partial charge in [-0.25, -0.2) is 4.98 Å². The maximum Gasteiger partial charge on any atom is 0.433 e. The van der Waals surface area contributed by atoms with E-state index < -0.39 is 11.9 Å². The summed E-state index contributed by atoms with van der Waals surface area (Å²) in [6.07, 6.45) is -3.51. The lowest BCUT2D eigenvalue weighted by Crippen LogP contribution is -2.09. The van der Waals surface area contributed by atoms with E-state index in [0.717, 1.165) is 18.0 Å². The summed E-state index contributed by atoms with van der Waals surface area (Å²) in [5.74, 6) is 0.203. The number of aryl methyl sites for hydroxylation is 1. The second-order valence-corrected chi connectivity index (χ2v) is 5.31. The highest BCUT2D eigenvalue weighted by Crippen LogP contribution is 2.29. The monoisotopic (exact) mass is 366 g/mol. The molecular weight excluding hydrogens is 357 g/mol. The number of pyridine rings is 2. The lowest BCUT2D eigenvalue weighted by Gasteiger charge is -2.09. The Morgan fingerprint density at radius 1 is 1.04 bits per heavy atom. The van der Waals surface area contributed by atoms with E-state index in [-0.39, 0.29) is 22.7 Å². The van der Waals surface area contributed by atoms with Crippen LogP contribution < -0.4 is 5.32 Å². The summed E-state index contributed by atoms with van der Waals surface area (Å²) in [5, 5.41) is 2.56. The van der Waals surface area contributed by atoms with Crippen molar-refractivity contribution in [2.75, 3.05) is 5.32 Å². The standard InChI is InChI=1S/C15H10ClF3N6/c1-8-3-2-4-10(21-8)12-23-13(16)25-14(24-12)22-9-5-6-20-11(7-9)15(17,18)19/h2-7H,1H3,(H,20,22,23,24,25). The van der Waals surface area contributed by atoms with Gasteiger partial charge in [0.05, 0.1) is 0 Å². The van der Waals surface area contributed by atoms with Crippen LogP contribution in [0, 0.1) is 6.92 Å². The van der Waals surface area contributed by atoms with Crippen LogP contribution in [0.4, 0.5) is 24.8 Å². The van der Waals surface area contributed by atoms with Crippen LogP contribution in [0.5, 0.6) is 0 Å². The molecule has 0 bridgehead atoms. The number of aromatic nitrogens is 5. The highest BCUT2D eigenvalue weighted by molar-refractivity contribution is 6.28. The number of nitrogens with zero attached hydrogens (tertiary/aromatic N) is 5. The molecule has 128 valence electrons. The van der Waals surface area contributed by atoms with E-state index in [1.54, 1.807) is 25.1 Å². The van der Waals surface area contributed by atoms with Gasteiger partial charge in [-0.2, -0.15) is 28.1 Å². The fourth-order valence-corrected chi connectivity index (χ4v) is 2.14. The van der Waals surface area contributed by atoms with Crippen molar-refractivity contribution in [3.05, 3.63) is 53.2 Å². The number of halogens is 4. The van der Waals surface area contributed by atoms with Crippen molar-refractivity contribution in [2.45, 2.75) is 13.1 Å². The highest BCUT2D eigenvalue weighted by atomic mass is 35.5. The molecule has 3 heterocycles. The van der Waals surface area contributed by atoms with E-state index in [9.17, 15) is 13.2 Å². The summed E-state index contributed by atoms with van der Waals surface area (Å²) in [5.41, 5.74) is 0.316. The molecule has 0 fully saturated rings. The Labute approximate surface area is 145 Å². The number of rotatable bonds is 3. The van der Waals surface area contributed by atoms with Gasteiger partial charge < -0.3 is 5.32 Å². The molecule has 0 atom stereocenters. The lowest BCUT2D eigenvalue weighted by atomic mass is 10.3. The molecule has 0 saturated heterocycles. The number of hydrogen-bond acceptors (Lipinski definition) is 6. The van der Waals surface area contributed by atoms with Gasteiger partial charge in [0.1, 0.15) is 11.4 Å². The van der Waals surface area contributed by atoms with Crippen LogP contribution in [0.25, 0.3) is 11.5 Å². The van der Waals surface area contributed by atoms with Crippen LogP contribution in [0.2, 0.25) is 5.28 Å². The molecule has 0 amide bonds. The molecule has 3 rings (SSSR count). The van der Waals surface area contributed by atoms with Gasteiger partial charge in [-0.3, -0.25) is 4.98 Å². The molecule has 0 aromatic carbocycles. The number of alkyl halides is 3. The first-order valence-corrected chi connectivity index (χ1v) is 7.35. The summed E-state index contributed by atoms with van der Waals surface area (Å²) in [4.78, 5) is 19.6. The topological polar surface area (TPSA) is 76.5 Å². The Hall–Kier alpha value is -2.81. The summed E-state index contributed by atoms with van der Waals surface area (Å²) in [7, 11) is 0. The second-order valence-electron chi connectivity index (χ2n) is 4.97. The summed E-state index contributed by atoms with van der Waals surface area (Å²) >= 11 is 5.89. The Morgan fingerprint density at radius 2 is 1.84 bits per heavy atom. The quantitative estimate of drug-likeness (QED) is 0.753. The molecule has 3 aromatic heterocycles. The van der Waals surface area contributed by atoms with Crippen molar-refractivity contribution in [3.8, 4) is 11.5 Å². The second kappa shape index (κ2) is 6.60. The van der Waals surface area contributed by atoms with E-state index in [1.807, 2.05) is 0 Å². The van der Waals surface area contributed by atoms with Gasteiger partial charge in [0.25, 0.3) is 0 Å². The first-order valence-electron chi connectivity index (χ1n) is 6.97. The fourth-order valence-electron chi connectivity index (χ4n) is 1.98. The molecule has 0 aliphatic carbocycles. The van der Waals surface area contributed by atoms with Crippen molar-refractivity contribution >= 4 is 23.2 Å². The smallest absolute Gasteiger partial charge is 0.324 e. The molecule has 0 aliphatic rings. The summed E-state index contributed by atoms with van der Waals surface area (Å²) in [6.45, 7) is 1.81. The third-order valence-corrected chi connectivity index (χ3v) is 3.20. The van der Waals surface area contributed by atoms with Gasteiger partial charge in [-0.1, -0.05) is 6.07 Å². The van der Waals surface area contributed by atoms with Crippen molar-refractivity contribution in [3.63, 3.8) is 0 Å². The molecule has 10 heteroatoms. The molecule has 0 unspecified atom stereocenters. The van der Waals surface area contributed by atoms with Crippen LogP contribution in [-0.4, -0.2) is 24.9 Å². The van der Waals surface area contributed by atoms with Gasteiger partial charge in [-0.05, 0) is 42.8 Å². The maximum absolute atomic E-state index is 12.7. The molecule has 0 spiro atoms. The summed E-state index contributed by atoms with van der Waals surface area (Å²) in [6, 6.07) is 7.48. The van der Waals surface area contributed by atoms with Crippen LogP contribution in [0.1, 0.15) is 11.4 Å². The van der Waals surface area contributed by atoms with Gasteiger partial charge in [0, 0.05) is 17.6 Å². The molecule has 25 heavy (non-hydrogen) atoms. The maximum atomic E-state index is 12.7. The zero-order valence-electron chi connectivity index (χ0n) is 12.7. The zero-order chi connectivity index (χ0) is 18.0. The zero-order valence-corrected chi connectivity index (χ0v) is 13.5. The molecule has 1 N–H and O–H groups in total. The predicted molar refractivity (Wildman–Crippen MR) is 85.3 cm³/mol. The van der Waals surface area contributed by atoms with Gasteiger partial charge in [0.15, 0.2) is 5.82 Å². The Morgan fingerprint density at radius 3 is 2.56 bits per heavy atom. The summed E-state index contributed by atoms with van der Waals surface area (Å²) < 4.78 is 38.2. The molecule has 0 aliphatic heterocycles. The minimum absolute atomic E-state index is 0.00219. The van der Waals surface area contributed by atoms with E-state index in [1.165, 1.54) is 6.07 Å². The Bertz CT molecular complexity index is 916. The predicted octanol–water partition coefficient (Wildman–Crippen LogP) is 4.05. The SMILES string of the molecule is Cc1cccc(-c2nc(Cl)nc(Nc3ccnc(C(F)(F)F)c3)n2)n1. The Balaban J connectivity index is 1.94. The van der Waals surface area contributed by atoms with E-state index in [2.05, 4.69) is 30.2 Å². The van der Waals surface area contributed by atoms with E-state index >= 15 is 0 Å². The Kier molecular flexibility index (Phi) is 4.49. The third kappa shape index (κ3) is 4.18. The van der Waals surface area contributed by atoms with Crippen LogP contribution >= 0.6 is 11.6 Å². The third-order valence-electron chi connectivity index (χ3n) is 3.03. The largest absolute Gasteiger partial charge is 0.433 e. The van der Waals surface area contributed by atoms with Crippen LogP contribution in [-0.2, 0) is 6.18 Å². The lowest BCUT2D eigenvalue weighted by molar-refractivity contribution is -0.141. The minimum Gasteiger partial charge on any atom is -0.324 e. The van der Waals surface area contributed by atoms with E-state index in [4.69, 9.17) is 11.6 Å². The fraction of sp³-hybridized carbons (Fsp3) is 0.133. The molecular formula is C15H10ClF3N6. The van der Waals surface area contributed by atoms with Crippen LogP contribution in [0.15, 0.2) is 36.5 Å². The van der Waals surface area contributed by atoms with Gasteiger partial charge in [-0.15, -0.1) is 0 Å². The first-order chi connectivity index (χ1) is 11.8. The molecule has 6 nitrogen and oxygen atoms in total. The van der Waals surface area contributed by atoms with Gasteiger partial charge >= 0.3 is 6.18 Å². The van der Waals surface area contributed by atoms with Crippen molar-refractivity contribution in [1.82, 2.24) is 24.9 Å². The highest BCUT2D eigenvalue weighted by Gasteiger charge is 2.32. The van der Waals surface area contributed by atoms with Crippen molar-refractivity contribution in [1.29, 1.82) is 0 Å². The number of nitrogens with one attached hydrogen (secondary N) is 1. The number of anilines is 2. The average Bonchev–Trinajstić information content (AvgIpc) is 2.54. The van der Waals surface area contributed by atoms with Crippen molar-refractivity contribution < 1.29 is 13.2 Å². The minimum atomic E-state index is -4.55. The van der Waals surface area contributed by atoms with E-state index in [0.29, 0.717) is 5.69 Å². The number of hydrogen-bond donors (Lipinski definition) is 1. The molecule has 3 aromatic rings. The normalized spacial score (nSPS) is 11.4. The van der Waals surface area contributed by atoms with Crippen molar-refractivity contribution in [2.24, 2.45) is 0 Å². The molecule has 0 saturated carbocycles. The van der Waals surface area contributed by atoms with Crippen LogP contribution in [0.3, 0.4) is 0 Å². The average molecular weight is 367 g/mol.